The summed E-state index contributed by atoms with van der Waals surface area (Å²) in [5.74, 6) is 2.31. The van der Waals surface area contributed by atoms with Crippen molar-refractivity contribution in [2.45, 2.75) is 117 Å². The minimum atomic E-state index is 0. The summed E-state index contributed by atoms with van der Waals surface area (Å²) in [6.45, 7) is 20.6. The maximum atomic E-state index is 2.48. The molecule has 1 atom stereocenters. The van der Waals surface area contributed by atoms with Gasteiger partial charge in [0.2, 0.25) is 0 Å². The minimum absolute atomic E-state index is 0. The van der Waals surface area contributed by atoms with Crippen molar-refractivity contribution >= 4 is 27.0 Å². The zero-order chi connectivity index (χ0) is 36.7. The van der Waals surface area contributed by atoms with Crippen molar-refractivity contribution in [3.63, 3.8) is 0 Å². The first-order chi connectivity index (χ1) is 24.4. The molecule has 1 saturated carbocycles. The quantitative estimate of drug-likeness (QED) is 0.116. The Labute approximate surface area is 349 Å². The number of rotatable bonds is 6. The van der Waals surface area contributed by atoms with Crippen molar-refractivity contribution < 1.29 is 48.1 Å². The zero-order valence-corrected chi connectivity index (χ0v) is 38.6. The average molecular weight is 839 g/mol. The van der Waals surface area contributed by atoms with Gasteiger partial charge >= 0.3 is 41.9 Å². The van der Waals surface area contributed by atoms with Crippen LogP contribution in [0.4, 0.5) is 0 Å². The van der Waals surface area contributed by atoms with Crippen LogP contribution in [-0.4, -0.2) is 5.43 Å². The number of hydrogen-bond donors (Lipinski definition) is 0. The number of benzene rings is 4. The molecule has 1 fully saturated rings. The van der Waals surface area contributed by atoms with E-state index < -0.39 is 0 Å². The molecule has 7 rings (SSSR count). The standard InChI is InChI=1S/C26H31.C21H23.C2H6Si.2ClH.Zr/c1-18-8-10-19(11-9-18)22-16-21-6-5-7-24(25(21)17-22)20-12-14-23(15-13-20)26(2,3)4;1-4-15(3)17-9-11-18(12-10-17)20-8-6-7-19-13-16(5-2)14-21(19)20;1-3-2;;;/h5-7,12-19H,8-11H2,1-4H3;6-15H,4-5H2,1-3H3;1-2H3;2*1H;/q2*-1;;;;+2/p-2. The van der Waals surface area contributed by atoms with Gasteiger partial charge in [0.1, 0.15) is 0 Å². The third kappa shape index (κ3) is 11.9. The van der Waals surface area contributed by atoms with E-state index in [9.17, 15) is 0 Å². The summed E-state index contributed by atoms with van der Waals surface area (Å²) in [5.41, 5.74) is 11.6. The fourth-order valence-electron chi connectivity index (χ4n) is 7.47. The van der Waals surface area contributed by atoms with Gasteiger partial charge in [-0.3, -0.25) is 0 Å². The van der Waals surface area contributed by atoms with E-state index in [0.29, 0.717) is 5.92 Å². The Morgan fingerprint density at radius 3 is 1.70 bits per heavy atom. The number of halogens is 2. The van der Waals surface area contributed by atoms with Crippen molar-refractivity contribution in [1.82, 2.24) is 0 Å². The number of fused-ring (bicyclic) bond motifs is 2. The predicted molar refractivity (Wildman–Crippen MR) is 225 cm³/mol. The van der Waals surface area contributed by atoms with E-state index in [0.717, 1.165) is 18.3 Å². The maximum Gasteiger partial charge on any atom is -1.00 e. The van der Waals surface area contributed by atoms with Gasteiger partial charge in [-0.15, -0.1) is 69.1 Å². The normalized spacial score (nSPS) is 16.0. The molecule has 6 aromatic rings. The molecule has 0 heterocycles. The van der Waals surface area contributed by atoms with Gasteiger partial charge in [0, 0.05) is 0 Å². The summed E-state index contributed by atoms with van der Waals surface area (Å²) < 4.78 is 0. The molecule has 0 aromatic heterocycles. The molecule has 280 valence electrons. The fraction of sp³-hybridized carbons (Fsp3) is 0.388. The first kappa shape index (κ1) is 45.2. The van der Waals surface area contributed by atoms with Crippen molar-refractivity contribution in [3.8, 4) is 22.3 Å². The van der Waals surface area contributed by atoms with Crippen LogP contribution in [-0.2, 0) is 35.2 Å². The third-order valence-corrected chi connectivity index (χ3v) is 10.9. The van der Waals surface area contributed by atoms with E-state index in [1.54, 1.807) is 28.9 Å². The van der Waals surface area contributed by atoms with Gasteiger partial charge in [-0.1, -0.05) is 133 Å². The second kappa shape index (κ2) is 20.6. The van der Waals surface area contributed by atoms with E-state index in [1.807, 2.05) is 0 Å². The summed E-state index contributed by atoms with van der Waals surface area (Å²) in [6.07, 6.45) is 7.76. The molecule has 0 amide bonds. The van der Waals surface area contributed by atoms with Crippen LogP contribution in [0.1, 0.15) is 115 Å². The third-order valence-electron chi connectivity index (χ3n) is 10.9. The summed E-state index contributed by atoms with van der Waals surface area (Å²) in [6, 6.07) is 41.2. The molecule has 53 heavy (non-hydrogen) atoms. The van der Waals surface area contributed by atoms with Crippen molar-refractivity contribution in [2.24, 2.45) is 5.92 Å². The van der Waals surface area contributed by atoms with Crippen LogP contribution < -0.4 is 24.8 Å². The summed E-state index contributed by atoms with van der Waals surface area (Å²) in [4.78, 5) is 0. The predicted octanol–water partition coefficient (Wildman–Crippen LogP) is 8.91. The molecule has 0 bridgehead atoms. The van der Waals surface area contributed by atoms with E-state index in [1.165, 1.54) is 92.6 Å². The molecule has 1 unspecified atom stereocenters. The second-order valence-corrected chi connectivity index (χ2v) is 25.7. The Morgan fingerprint density at radius 1 is 0.717 bits per heavy atom. The van der Waals surface area contributed by atoms with Crippen LogP contribution in [0.5, 0.6) is 0 Å². The molecule has 0 spiro atoms. The van der Waals surface area contributed by atoms with Gasteiger partial charge in [0.15, 0.2) is 0 Å². The van der Waals surface area contributed by atoms with Crippen LogP contribution >= 0.6 is 0 Å². The molecule has 4 heteroatoms. The SMILES string of the molecule is CC1CCC(c2cc3c(-c4ccc(C(C)(C)C)cc4)cccc3[cH-]2)CC1.CCc1cc2c(-c3ccc(C(C)CC)cc3)cccc2[cH-]1.C[Si](C)=[Zr+2].[Cl-].[Cl-]. The largest absolute Gasteiger partial charge is 1.00 e. The Kier molecular flexibility index (Phi) is 17.6. The van der Waals surface area contributed by atoms with Crippen molar-refractivity contribution in [1.29, 1.82) is 0 Å². The molecular formula is C49H60Cl2SiZr-2. The van der Waals surface area contributed by atoms with Gasteiger partial charge in [0.05, 0.1) is 0 Å². The molecule has 0 saturated heterocycles. The molecule has 0 nitrogen and oxygen atoms in total. The fourth-order valence-corrected chi connectivity index (χ4v) is 7.47. The van der Waals surface area contributed by atoms with Gasteiger partial charge < -0.3 is 24.8 Å². The first-order valence-electron chi connectivity index (χ1n) is 19.5. The average Bonchev–Trinajstić information content (AvgIpc) is 3.76. The van der Waals surface area contributed by atoms with Crippen molar-refractivity contribution in [3.05, 3.63) is 131 Å². The van der Waals surface area contributed by atoms with Gasteiger partial charge in [-0.2, -0.15) is 12.1 Å². The number of aryl methyl sites for hydroxylation is 1. The van der Waals surface area contributed by atoms with Crippen molar-refractivity contribution in [2.75, 3.05) is 0 Å². The van der Waals surface area contributed by atoms with E-state index >= 15 is 0 Å². The zero-order valence-electron chi connectivity index (χ0n) is 33.6. The molecule has 0 aliphatic heterocycles. The molecule has 0 radical (unpaired) electrons. The smallest absolute Gasteiger partial charge is 1.00 e. The van der Waals surface area contributed by atoms with Crippen LogP contribution in [0.3, 0.4) is 0 Å². The number of hydrogen-bond acceptors (Lipinski definition) is 0. The van der Waals surface area contributed by atoms with E-state index in [-0.39, 0.29) is 35.7 Å². The maximum absolute atomic E-state index is 2.48. The van der Waals surface area contributed by atoms with Crippen LogP contribution in [0.2, 0.25) is 13.1 Å². The monoisotopic (exact) mass is 836 g/mol. The van der Waals surface area contributed by atoms with E-state index in [2.05, 4.69) is 171 Å². The minimum Gasteiger partial charge on any atom is -1.00 e. The van der Waals surface area contributed by atoms with Crippen LogP contribution in [0.25, 0.3) is 43.8 Å². The van der Waals surface area contributed by atoms with Gasteiger partial charge in [-0.05, 0) is 71.1 Å². The molecule has 6 aromatic carbocycles. The Balaban J connectivity index is 0.000000255. The Bertz CT molecular complexity index is 2010. The molecule has 1 aliphatic carbocycles. The first-order valence-corrected chi connectivity index (χ1v) is 25.7. The topological polar surface area (TPSA) is 0 Å². The molecule has 1 aliphatic rings. The summed E-state index contributed by atoms with van der Waals surface area (Å²) >= 11 is 1.74. The van der Waals surface area contributed by atoms with Crippen LogP contribution in [0, 0.1) is 5.92 Å². The van der Waals surface area contributed by atoms with Gasteiger partial charge in [-0.25, -0.2) is 0 Å². The van der Waals surface area contributed by atoms with Crippen LogP contribution in [0.15, 0.2) is 109 Å². The van der Waals surface area contributed by atoms with Gasteiger partial charge in [0.25, 0.3) is 0 Å². The Morgan fingerprint density at radius 2 is 1.21 bits per heavy atom. The Hall–Kier alpha value is -2.22. The molecular weight excluding hydrogens is 779 g/mol. The van der Waals surface area contributed by atoms with E-state index in [4.69, 9.17) is 0 Å². The molecule has 0 N–H and O–H groups in total. The summed E-state index contributed by atoms with van der Waals surface area (Å²) in [7, 11) is 0. The summed E-state index contributed by atoms with van der Waals surface area (Å²) in [5, 5.41) is 5.56. The second-order valence-electron chi connectivity index (χ2n) is 16.3.